The summed E-state index contributed by atoms with van der Waals surface area (Å²) in [7, 11) is 3.08. The molecule has 2 atom stereocenters. The van der Waals surface area contributed by atoms with Gasteiger partial charge in [-0.3, -0.25) is 9.59 Å². The summed E-state index contributed by atoms with van der Waals surface area (Å²) in [5.74, 6) is -0.421. The van der Waals surface area contributed by atoms with Crippen LogP contribution in [0.1, 0.15) is 35.7 Å². The minimum absolute atomic E-state index is 0.194. The van der Waals surface area contributed by atoms with Crippen LogP contribution in [0.3, 0.4) is 0 Å². The number of likely N-dealkylation sites (tertiary alicyclic amines) is 1. The molecule has 23 heavy (non-hydrogen) atoms. The van der Waals surface area contributed by atoms with Crippen molar-refractivity contribution in [2.24, 2.45) is 5.92 Å². The van der Waals surface area contributed by atoms with Crippen LogP contribution in [-0.2, 0) is 4.79 Å². The number of carbonyl (C=O) groups excluding carboxylic acids is 1. The fourth-order valence-corrected chi connectivity index (χ4v) is 3.14. The van der Waals surface area contributed by atoms with Gasteiger partial charge in [0.25, 0.3) is 5.91 Å². The van der Waals surface area contributed by atoms with Crippen LogP contribution in [0.5, 0.6) is 11.5 Å². The van der Waals surface area contributed by atoms with Crippen LogP contribution in [0, 0.1) is 12.8 Å². The topological polar surface area (TPSA) is 76.1 Å². The molecule has 0 unspecified atom stereocenters. The summed E-state index contributed by atoms with van der Waals surface area (Å²) in [6.07, 6.45) is 1.29. The van der Waals surface area contributed by atoms with Gasteiger partial charge in [-0.25, -0.2) is 0 Å². The Morgan fingerprint density at radius 2 is 1.78 bits per heavy atom. The molecule has 1 aromatic carbocycles. The summed E-state index contributed by atoms with van der Waals surface area (Å²) in [5.41, 5.74) is 1.27. The van der Waals surface area contributed by atoms with Crippen LogP contribution < -0.4 is 9.47 Å². The summed E-state index contributed by atoms with van der Waals surface area (Å²) < 4.78 is 10.6. The molecule has 126 valence electrons. The van der Waals surface area contributed by atoms with E-state index in [1.165, 1.54) is 0 Å². The molecule has 1 aliphatic rings. The summed E-state index contributed by atoms with van der Waals surface area (Å²) in [6.45, 7) is 4.21. The second-order valence-corrected chi connectivity index (χ2v) is 5.83. The van der Waals surface area contributed by atoms with Gasteiger partial charge in [-0.05, 0) is 38.8 Å². The van der Waals surface area contributed by atoms with Crippen molar-refractivity contribution < 1.29 is 24.2 Å². The molecule has 1 heterocycles. The minimum atomic E-state index is -0.853. The molecule has 0 radical (unpaired) electrons. The van der Waals surface area contributed by atoms with E-state index in [9.17, 15) is 14.7 Å². The van der Waals surface area contributed by atoms with E-state index in [-0.39, 0.29) is 11.9 Å². The van der Waals surface area contributed by atoms with Crippen molar-refractivity contribution in [3.8, 4) is 11.5 Å². The number of benzene rings is 1. The lowest BCUT2D eigenvalue weighted by Crippen LogP contribution is -2.49. The van der Waals surface area contributed by atoms with Gasteiger partial charge in [-0.15, -0.1) is 0 Å². The average molecular weight is 321 g/mol. The lowest BCUT2D eigenvalue weighted by molar-refractivity contribution is -0.144. The Balaban J connectivity index is 2.34. The molecular formula is C17H23NO5. The summed E-state index contributed by atoms with van der Waals surface area (Å²) >= 11 is 0. The Morgan fingerprint density at radius 1 is 1.22 bits per heavy atom. The Hall–Kier alpha value is -2.24. The zero-order valence-corrected chi connectivity index (χ0v) is 14.0. The van der Waals surface area contributed by atoms with Crippen LogP contribution >= 0.6 is 0 Å². The summed E-state index contributed by atoms with van der Waals surface area (Å²) in [4.78, 5) is 25.8. The number of hydrogen-bond donors (Lipinski definition) is 1. The molecule has 1 aromatic rings. The molecule has 1 N–H and O–H groups in total. The van der Waals surface area contributed by atoms with Crippen LogP contribution in [0.15, 0.2) is 12.1 Å². The van der Waals surface area contributed by atoms with Crippen molar-refractivity contribution >= 4 is 11.9 Å². The molecule has 6 heteroatoms. The van der Waals surface area contributed by atoms with E-state index in [4.69, 9.17) is 9.47 Å². The van der Waals surface area contributed by atoms with Gasteiger partial charge in [-0.2, -0.15) is 0 Å². The van der Waals surface area contributed by atoms with Crippen LogP contribution in [0.2, 0.25) is 0 Å². The van der Waals surface area contributed by atoms with Gasteiger partial charge in [0.05, 0.1) is 20.1 Å². The molecule has 0 bridgehead atoms. The SMILES string of the molecule is COc1cc(C(=O)N2CCC[C@H](C(=O)O)[C@@H]2C)cc(OC)c1C. The molecule has 0 aromatic heterocycles. The minimum Gasteiger partial charge on any atom is -0.496 e. The smallest absolute Gasteiger partial charge is 0.308 e. The maximum Gasteiger partial charge on any atom is 0.308 e. The molecule has 1 amide bonds. The number of ether oxygens (including phenoxy) is 2. The predicted molar refractivity (Wildman–Crippen MR) is 85.1 cm³/mol. The highest BCUT2D eigenvalue weighted by atomic mass is 16.5. The van der Waals surface area contributed by atoms with Crippen molar-refractivity contribution in [3.63, 3.8) is 0 Å². The van der Waals surface area contributed by atoms with E-state index in [1.807, 2.05) is 6.92 Å². The largest absolute Gasteiger partial charge is 0.496 e. The van der Waals surface area contributed by atoms with Crippen LogP contribution in [0.4, 0.5) is 0 Å². The molecule has 0 saturated carbocycles. The average Bonchev–Trinajstić information content (AvgIpc) is 2.54. The number of rotatable bonds is 4. The van der Waals surface area contributed by atoms with Crippen molar-refractivity contribution in [2.75, 3.05) is 20.8 Å². The number of methoxy groups -OCH3 is 2. The summed E-state index contributed by atoms with van der Waals surface area (Å²) in [5, 5.41) is 9.30. The highest BCUT2D eigenvalue weighted by molar-refractivity contribution is 5.96. The Kier molecular flexibility index (Phi) is 5.13. The number of amides is 1. The molecule has 0 spiro atoms. The number of aliphatic carboxylic acids is 1. The summed E-state index contributed by atoms with van der Waals surface area (Å²) in [6, 6.07) is 3.02. The zero-order valence-electron chi connectivity index (χ0n) is 14.0. The Labute approximate surface area is 136 Å². The van der Waals surface area contributed by atoms with E-state index in [0.717, 1.165) is 5.56 Å². The lowest BCUT2D eigenvalue weighted by Gasteiger charge is -2.37. The number of nitrogens with zero attached hydrogens (tertiary/aromatic N) is 1. The molecular weight excluding hydrogens is 298 g/mol. The van der Waals surface area contributed by atoms with Gasteiger partial charge in [0.15, 0.2) is 0 Å². The van der Waals surface area contributed by atoms with E-state index in [1.54, 1.807) is 38.2 Å². The molecule has 1 fully saturated rings. The standard InChI is InChI=1S/C17H23NO5/c1-10-14(22-3)8-12(9-15(10)23-4)16(19)18-7-5-6-13(11(18)2)17(20)21/h8-9,11,13H,5-7H2,1-4H3,(H,20,21)/t11-,13-/m0/s1. The quantitative estimate of drug-likeness (QED) is 0.921. The second-order valence-electron chi connectivity index (χ2n) is 5.83. The molecule has 1 saturated heterocycles. The normalized spacial score (nSPS) is 21.0. The van der Waals surface area contributed by atoms with Gasteiger partial charge < -0.3 is 19.5 Å². The number of carboxylic acid groups (broad SMARTS) is 1. The molecule has 1 aliphatic heterocycles. The van der Waals surface area contributed by atoms with E-state index < -0.39 is 11.9 Å². The van der Waals surface area contributed by atoms with Crippen molar-refractivity contribution in [3.05, 3.63) is 23.3 Å². The number of hydrogen-bond acceptors (Lipinski definition) is 4. The maximum absolute atomic E-state index is 12.8. The van der Waals surface area contributed by atoms with Gasteiger partial charge in [0, 0.05) is 23.7 Å². The zero-order chi connectivity index (χ0) is 17.1. The fraction of sp³-hybridized carbons (Fsp3) is 0.529. The Bertz CT molecular complexity index is 588. The van der Waals surface area contributed by atoms with Gasteiger partial charge in [0.2, 0.25) is 0 Å². The first-order chi connectivity index (χ1) is 10.9. The van der Waals surface area contributed by atoms with Crippen molar-refractivity contribution in [1.82, 2.24) is 4.90 Å². The molecule has 6 nitrogen and oxygen atoms in total. The second kappa shape index (κ2) is 6.89. The first kappa shape index (κ1) is 17.1. The first-order valence-corrected chi connectivity index (χ1v) is 7.67. The number of carbonyl (C=O) groups is 2. The van der Waals surface area contributed by atoms with Gasteiger partial charge in [0.1, 0.15) is 11.5 Å². The van der Waals surface area contributed by atoms with Crippen LogP contribution in [-0.4, -0.2) is 48.7 Å². The lowest BCUT2D eigenvalue weighted by atomic mass is 9.89. The van der Waals surface area contributed by atoms with Crippen molar-refractivity contribution in [1.29, 1.82) is 0 Å². The predicted octanol–water partition coefficient (Wildman–Crippen LogP) is 2.34. The number of piperidine rings is 1. The monoisotopic (exact) mass is 321 g/mol. The highest BCUT2D eigenvalue weighted by Crippen LogP contribution is 2.32. The van der Waals surface area contributed by atoms with E-state index in [2.05, 4.69) is 0 Å². The van der Waals surface area contributed by atoms with Crippen molar-refractivity contribution in [2.45, 2.75) is 32.7 Å². The molecule has 2 rings (SSSR count). The van der Waals surface area contributed by atoms with Gasteiger partial charge >= 0.3 is 5.97 Å². The first-order valence-electron chi connectivity index (χ1n) is 7.67. The van der Waals surface area contributed by atoms with E-state index >= 15 is 0 Å². The van der Waals surface area contributed by atoms with Crippen LogP contribution in [0.25, 0.3) is 0 Å². The van der Waals surface area contributed by atoms with Gasteiger partial charge in [-0.1, -0.05) is 0 Å². The maximum atomic E-state index is 12.8. The Morgan fingerprint density at radius 3 is 2.26 bits per heavy atom. The molecule has 0 aliphatic carbocycles. The third-order valence-electron chi connectivity index (χ3n) is 4.57. The highest BCUT2D eigenvalue weighted by Gasteiger charge is 2.36. The third-order valence-corrected chi connectivity index (χ3v) is 4.57. The van der Waals surface area contributed by atoms with E-state index in [0.29, 0.717) is 36.4 Å². The number of carboxylic acids is 1. The third kappa shape index (κ3) is 3.25. The fourth-order valence-electron chi connectivity index (χ4n) is 3.14.